The number of rotatable bonds is 8. The molecule has 2 aromatic carbocycles. The van der Waals surface area contributed by atoms with Gasteiger partial charge in [-0.05, 0) is 45.0 Å². The fraction of sp³-hybridized carbons (Fsp3) is 0.208. The maximum absolute atomic E-state index is 12.7. The molecule has 0 radical (unpaired) electrons. The second kappa shape index (κ2) is 9.22. The van der Waals surface area contributed by atoms with Crippen LogP contribution < -0.4 is 4.74 Å². The Labute approximate surface area is 174 Å². The largest absolute Gasteiger partial charge is 0.485 e. The molecule has 1 aromatic heterocycles. The molecule has 0 fully saturated rings. The van der Waals surface area contributed by atoms with Crippen LogP contribution >= 0.6 is 0 Å². The molecule has 0 bridgehead atoms. The van der Waals surface area contributed by atoms with Crippen LogP contribution in [0.3, 0.4) is 0 Å². The van der Waals surface area contributed by atoms with Gasteiger partial charge >= 0.3 is 5.97 Å². The third-order valence-corrected chi connectivity index (χ3v) is 4.66. The molecule has 0 atom stereocenters. The summed E-state index contributed by atoms with van der Waals surface area (Å²) in [6, 6.07) is 15.6. The summed E-state index contributed by atoms with van der Waals surface area (Å²) in [5.41, 5.74) is 2.83. The van der Waals surface area contributed by atoms with E-state index in [1.807, 2.05) is 18.2 Å². The highest BCUT2D eigenvalue weighted by molar-refractivity contribution is 6.09. The van der Waals surface area contributed by atoms with Crippen molar-refractivity contribution in [3.8, 4) is 5.75 Å². The summed E-state index contributed by atoms with van der Waals surface area (Å²) in [4.78, 5) is 40.4. The minimum atomic E-state index is -0.536. The zero-order chi connectivity index (χ0) is 21.7. The molecule has 0 saturated heterocycles. The lowest BCUT2D eigenvalue weighted by atomic mass is 10.0. The van der Waals surface area contributed by atoms with Crippen LogP contribution in [0.4, 0.5) is 0 Å². The number of esters is 1. The molecular weight excluding hydrogens is 382 g/mol. The van der Waals surface area contributed by atoms with E-state index in [4.69, 9.17) is 9.47 Å². The number of carbonyl (C=O) groups excluding carboxylic acids is 3. The van der Waals surface area contributed by atoms with Gasteiger partial charge in [0.05, 0.1) is 17.7 Å². The third-order valence-electron chi connectivity index (χ3n) is 4.66. The van der Waals surface area contributed by atoms with Crippen molar-refractivity contribution < 1.29 is 23.9 Å². The van der Waals surface area contributed by atoms with Crippen molar-refractivity contribution >= 4 is 17.5 Å². The maximum Gasteiger partial charge on any atom is 0.340 e. The van der Waals surface area contributed by atoms with Crippen LogP contribution in [0.15, 0.2) is 54.6 Å². The molecule has 6 nitrogen and oxygen atoms in total. The van der Waals surface area contributed by atoms with Crippen LogP contribution in [0.25, 0.3) is 0 Å². The van der Waals surface area contributed by atoms with Gasteiger partial charge in [-0.15, -0.1) is 0 Å². The van der Waals surface area contributed by atoms with Crippen molar-refractivity contribution in [1.82, 2.24) is 4.98 Å². The summed E-state index contributed by atoms with van der Waals surface area (Å²) in [6.45, 7) is 5.15. The Kier molecular flexibility index (Phi) is 6.47. The first-order chi connectivity index (χ1) is 14.4. The number of nitrogens with one attached hydrogen (secondary N) is 1. The van der Waals surface area contributed by atoms with Crippen molar-refractivity contribution in [2.24, 2.45) is 0 Å². The van der Waals surface area contributed by atoms with Crippen LogP contribution in [0.1, 0.15) is 54.9 Å². The molecule has 0 amide bonds. The van der Waals surface area contributed by atoms with E-state index in [2.05, 4.69) is 4.98 Å². The molecule has 0 aliphatic carbocycles. The lowest BCUT2D eigenvalue weighted by Crippen LogP contribution is -2.17. The zero-order valence-corrected chi connectivity index (χ0v) is 17.2. The number of aromatic nitrogens is 1. The first-order valence-corrected chi connectivity index (χ1v) is 9.64. The first kappa shape index (κ1) is 21.0. The van der Waals surface area contributed by atoms with E-state index < -0.39 is 5.97 Å². The average Bonchev–Trinajstić information content (AvgIpc) is 3.06. The van der Waals surface area contributed by atoms with Crippen LogP contribution in [-0.2, 0) is 4.74 Å². The van der Waals surface area contributed by atoms with Gasteiger partial charge in [-0.25, -0.2) is 4.79 Å². The molecule has 0 unspecified atom stereocenters. The highest BCUT2D eigenvalue weighted by Crippen LogP contribution is 2.21. The number of ether oxygens (including phenoxy) is 2. The zero-order valence-electron chi connectivity index (χ0n) is 17.2. The van der Waals surface area contributed by atoms with E-state index >= 15 is 0 Å². The lowest BCUT2D eigenvalue weighted by molar-refractivity contribution is 0.0522. The summed E-state index contributed by atoms with van der Waals surface area (Å²) < 4.78 is 10.7. The highest BCUT2D eigenvalue weighted by Gasteiger charge is 2.25. The number of hydrogen-bond donors (Lipinski definition) is 1. The predicted molar refractivity (Wildman–Crippen MR) is 112 cm³/mol. The van der Waals surface area contributed by atoms with Gasteiger partial charge in [0.25, 0.3) is 0 Å². The number of aryl methyl sites for hydroxylation is 2. The minimum Gasteiger partial charge on any atom is -0.485 e. The molecule has 154 valence electrons. The summed E-state index contributed by atoms with van der Waals surface area (Å²) in [5, 5.41) is 0. The monoisotopic (exact) mass is 405 g/mol. The van der Waals surface area contributed by atoms with Crippen LogP contribution in [0, 0.1) is 13.8 Å². The Morgan fingerprint density at radius 1 is 0.833 bits per heavy atom. The predicted octanol–water partition coefficient (Wildman–Crippen LogP) is 4.30. The van der Waals surface area contributed by atoms with Gasteiger partial charge in [0.15, 0.2) is 12.4 Å². The van der Waals surface area contributed by atoms with Crippen LogP contribution in [0.5, 0.6) is 5.75 Å². The van der Waals surface area contributed by atoms with Gasteiger partial charge in [-0.3, -0.25) is 9.59 Å². The number of ketones is 2. The molecule has 30 heavy (non-hydrogen) atoms. The normalized spacial score (nSPS) is 10.5. The Hall–Kier alpha value is -3.67. The Balaban J connectivity index is 1.70. The van der Waals surface area contributed by atoms with E-state index in [0.29, 0.717) is 28.3 Å². The minimum absolute atomic E-state index is 0.0873. The number of carbonyl (C=O) groups is 3. The third kappa shape index (κ3) is 4.49. The van der Waals surface area contributed by atoms with Crippen molar-refractivity contribution in [3.05, 3.63) is 88.2 Å². The van der Waals surface area contributed by atoms with E-state index in [1.54, 1.807) is 57.2 Å². The van der Waals surface area contributed by atoms with Crippen molar-refractivity contribution in [3.63, 3.8) is 0 Å². The second-order valence-electron chi connectivity index (χ2n) is 6.78. The molecule has 1 heterocycles. The molecule has 3 rings (SSSR count). The summed E-state index contributed by atoms with van der Waals surface area (Å²) in [7, 11) is 0. The number of Topliss-reactive ketones (excluding diaryl/α,β-unsaturated/α-hetero) is 1. The SMILES string of the molecule is CCOC(=O)c1c(C)[nH]c(C)c1C(=O)COc1ccc(C(=O)c2ccccc2)cc1. The highest BCUT2D eigenvalue weighted by atomic mass is 16.5. The number of benzene rings is 2. The average molecular weight is 405 g/mol. The van der Waals surface area contributed by atoms with Gasteiger partial charge in [-0.1, -0.05) is 30.3 Å². The Morgan fingerprint density at radius 2 is 1.43 bits per heavy atom. The Bertz CT molecular complexity index is 1060. The Morgan fingerprint density at radius 3 is 2.07 bits per heavy atom. The number of hydrogen-bond acceptors (Lipinski definition) is 5. The fourth-order valence-corrected chi connectivity index (χ4v) is 3.27. The molecule has 3 aromatic rings. The van der Waals surface area contributed by atoms with E-state index in [9.17, 15) is 14.4 Å². The summed E-state index contributed by atoms with van der Waals surface area (Å²) in [5.74, 6) is -0.498. The van der Waals surface area contributed by atoms with Gasteiger partial charge < -0.3 is 14.5 Å². The van der Waals surface area contributed by atoms with Gasteiger partial charge in [0, 0.05) is 22.5 Å². The maximum atomic E-state index is 12.7. The standard InChI is InChI=1S/C24H23NO5/c1-4-29-24(28)22-16(3)25-15(2)21(22)20(26)14-30-19-12-10-18(11-13-19)23(27)17-8-6-5-7-9-17/h5-13,25H,4,14H2,1-3H3. The smallest absolute Gasteiger partial charge is 0.340 e. The summed E-state index contributed by atoms with van der Waals surface area (Å²) in [6.07, 6.45) is 0. The molecule has 0 aliphatic heterocycles. The van der Waals surface area contributed by atoms with Crippen LogP contribution in [-0.4, -0.2) is 35.7 Å². The van der Waals surface area contributed by atoms with E-state index in [1.165, 1.54) is 0 Å². The second-order valence-corrected chi connectivity index (χ2v) is 6.78. The molecule has 0 saturated carbocycles. The van der Waals surface area contributed by atoms with E-state index in [-0.39, 0.29) is 35.9 Å². The van der Waals surface area contributed by atoms with Gasteiger partial charge in [0.2, 0.25) is 5.78 Å². The molecular formula is C24H23NO5. The quantitative estimate of drug-likeness (QED) is 0.446. The molecule has 1 N–H and O–H groups in total. The molecule has 6 heteroatoms. The van der Waals surface area contributed by atoms with Crippen LogP contribution in [0.2, 0.25) is 0 Å². The summed E-state index contributed by atoms with van der Waals surface area (Å²) >= 11 is 0. The lowest BCUT2D eigenvalue weighted by Gasteiger charge is -2.08. The molecule has 0 spiro atoms. The topological polar surface area (TPSA) is 85.5 Å². The van der Waals surface area contributed by atoms with E-state index in [0.717, 1.165) is 0 Å². The first-order valence-electron chi connectivity index (χ1n) is 9.64. The number of H-pyrrole nitrogens is 1. The van der Waals surface area contributed by atoms with Crippen molar-refractivity contribution in [2.75, 3.05) is 13.2 Å². The van der Waals surface area contributed by atoms with Crippen molar-refractivity contribution in [2.45, 2.75) is 20.8 Å². The number of aromatic amines is 1. The van der Waals surface area contributed by atoms with Gasteiger partial charge in [0.1, 0.15) is 5.75 Å². The van der Waals surface area contributed by atoms with Crippen molar-refractivity contribution in [1.29, 1.82) is 0 Å². The fourth-order valence-electron chi connectivity index (χ4n) is 3.27. The van der Waals surface area contributed by atoms with Gasteiger partial charge in [-0.2, -0.15) is 0 Å². The molecule has 0 aliphatic rings.